The van der Waals surface area contributed by atoms with Crippen molar-refractivity contribution in [2.24, 2.45) is 0 Å². The molecule has 0 unspecified atom stereocenters. The Morgan fingerprint density at radius 1 is 1.35 bits per heavy atom. The molecule has 0 bridgehead atoms. The highest BCUT2D eigenvalue weighted by atomic mass is 35.5. The van der Waals surface area contributed by atoms with Gasteiger partial charge in [0.1, 0.15) is 6.07 Å². The van der Waals surface area contributed by atoms with Crippen molar-refractivity contribution < 1.29 is 14.3 Å². The maximum atomic E-state index is 11.9. The lowest BCUT2D eigenvalue weighted by Crippen LogP contribution is -2.21. The van der Waals surface area contributed by atoms with Gasteiger partial charge < -0.3 is 10.1 Å². The summed E-state index contributed by atoms with van der Waals surface area (Å²) in [6.07, 6.45) is 0. The highest BCUT2D eigenvalue weighted by molar-refractivity contribution is 7.12. The molecule has 1 aromatic carbocycles. The number of hydrogen-bond acceptors (Lipinski definition) is 5. The molecule has 0 aliphatic heterocycles. The maximum absolute atomic E-state index is 11.9. The number of halogens is 1. The van der Waals surface area contributed by atoms with E-state index in [1.807, 2.05) is 19.9 Å². The molecule has 0 spiro atoms. The van der Waals surface area contributed by atoms with Crippen LogP contribution < -0.4 is 5.32 Å². The lowest BCUT2D eigenvalue weighted by molar-refractivity contribution is -0.119. The fraction of sp³-hybridized carbons (Fsp3) is 0.188. The highest BCUT2D eigenvalue weighted by Crippen LogP contribution is 2.22. The lowest BCUT2D eigenvalue weighted by atomic mass is 10.2. The number of benzene rings is 1. The number of carbonyl (C=O) groups excluding carboxylic acids is 2. The predicted octanol–water partition coefficient (Wildman–Crippen LogP) is 3.69. The number of nitrogens with zero attached hydrogens (tertiary/aromatic N) is 1. The number of hydrogen-bond donors (Lipinski definition) is 1. The SMILES string of the molecule is Cc1cc(C(=O)OCC(=O)Nc2cc(Cl)ccc2C#N)c(C)s1. The zero-order chi connectivity index (χ0) is 17.0. The molecule has 5 nitrogen and oxygen atoms in total. The van der Waals surface area contributed by atoms with E-state index in [1.165, 1.54) is 23.5 Å². The van der Waals surface area contributed by atoms with Crippen molar-refractivity contribution >= 4 is 40.5 Å². The minimum Gasteiger partial charge on any atom is -0.452 e. The number of nitriles is 1. The van der Waals surface area contributed by atoms with Gasteiger partial charge in [-0.15, -0.1) is 11.3 Å². The molecule has 23 heavy (non-hydrogen) atoms. The zero-order valence-electron chi connectivity index (χ0n) is 12.5. The normalized spacial score (nSPS) is 10.0. The minimum absolute atomic E-state index is 0.276. The molecule has 2 aromatic rings. The Hall–Kier alpha value is -2.36. The van der Waals surface area contributed by atoms with Gasteiger partial charge in [0.25, 0.3) is 5.91 Å². The van der Waals surface area contributed by atoms with Crippen LogP contribution in [0.5, 0.6) is 0 Å². The number of thiophene rings is 1. The number of amides is 1. The van der Waals surface area contributed by atoms with Crippen molar-refractivity contribution in [2.75, 3.05) is 11.9 Å². The number of anilines is 1. The summed E-state index contributed by atoms with van der Waals surface area (Å²) < 4.78 is 5.00. The molecule has 118 valence electrons. The van der Waals surface area contributed by atoms with E-state index in [-0.39, 0.29) is 11.3 Å². The van der Waals surface area contributed by atoms with Crippen molar-refractivity contribution in [1.29, 1.82) is 5.26 Å². The average Bonchev–Trinajstić information content (AvgIpc) is 2.84. The van der Waals surface area contributed by atoms with Gasteiger partial charge in [0.05, 0.1) is 16.8 Å². The average molecular weight is 349 g/mol. The van der Waals surface area contributed by atoms with E-state index in [2.05, 4.69) is 5.32 Å². The van der Waals surface area contributed by atoms with Crippen LogP contribution in [0.4, 0.5) is 5.69 Å². The van der Waals surface area contributed by atoms with Gasteiger partial charge in [-0.05, 0) is 38.1 Å². The summed E-state index contributed by atoms with van der Waals surface area (Å²) in [7, 11) is 0. The Morgan fingerprint density at radius 3 is 2.70 bits per heavy atom. The molecule has 1 amide bonds. The number of esters is 1. The number of aryl methyl sites for hydroxylation is 2. The monoisotopic (exact) mass is 348 g/mol. The fourth-order valence-electron chi connectivity index (χ4n) is 1.95. The van der Waals surface area contributed by atoms with Crippen LogP contribution in [0.25, 0.3) is 0 Å². The third-order valence-corrected chi connectivity index (χ3v) is 4.17. The Balaban J connectivity index is 1.98. The first-order valence-corrected chi connectivity index (χ1v) is 7.84. The molecule has 2 rings (SSSR count). The summed E-state index contributed by atoms with van der Waals surface area (Å²) in [5.74, 6) is -1.09. The molecule has 0 atom stereocenters. The molecule has 1 aromatic heterocycles. The summed E-state index contributed by atoms with van der Waals surface area (Å²) in [5.41, 5.74) is 1.02. The summed E-state index contributed by atoms with van der Waals surface area (Å²) in [6.45, 7) is 3.27. The number of carbonyl (C=O) groups is 2. The molecule has 1 N–H and O–H groups in total. The minimum atomic E-state index is -0.548. The lowest BCUT2D eigenvalue weighted by Gasteiger charge is -2.08. The first kappa shape index (κ1) is 17.0. The molecule has 0 radical (unpaired) electrons. The van der Waals surface area contributed by atoms with E-state index in [9.17, 15) is 9.59 Å². The van der Waals surface area contributed by atoms with E-state index in [1.54, 1.807) is 12.1 Å². The van der Waals surface area contributed by atoms with Crippen LogP contribution >= 0.6 is 22.9 Å². The topological polar surface area (TPSA) is 79.2 Å². The van der Waals surface area contributed by atoms with Crippen LogP contribution in [0, 0.1) is 25.2 Å². The molecule has 0 fully saturated rings. The smallest absolute Gasteiger partial charge is 0.339 e. The Labute approximate surface area is 142 Å². The molecule has 0 saturated heterocycles. The van der Waals surface area contributed by atoms with Crippen molar-refractivity contribution in [3.63, 3.8) is 0 Å². The van der Waals surface area contributed by atoms with E-state index < -0.39 is 18.5 Å². The van der Waals surface area contributed by atoms with Gasteiger partial charge in [0.15, 0.2) is 6.61 Å². The van der Waals surface area contributed by atoms with E-state index in [0.29, 0.717) is 10.6 Å². The molecular weight excluding hydrogens is 336 g/mol. The van der Waals surface area contributed by atoms with Gasteiger partial charge in [0, 0.05) is 14.8 Å². The molecule has 0 aliphatic rings. The Bertz CT molecular complexity index is 808. The molecular formula is C16H13ClN2O3S. The summed E-state index contributed by atoms with van der Waals surface area (Å²) in [5, 5.41) is 11.9. The van der Waals surface area contributed by atoms with Crippen molar-refractivity contribution in [1.82, 2.24) is 0 Å². The number of ether oxygens (including phenoxy) is 1. The second-order valence-electron chi connectivity index (χ2n) is 4.75. The molecule has 0 saturated carbocycles. The third-order valence-electron chi connectivity index (χ3n) is 2.97. The van der Waals surface area contributed by atoms with E-state index in [4.69, 9.17) is 21.6 Å². The second-order valence-corrected chi connectivity index (χ2v) is 6.65. The van der Waals surface area contributed by atoms with E-state index in [0.717, 1.165) is 9.75 Å². The fourth-order valence-corrected chi connectivity index (χ4v) is 3.03. The zero-order valence-corrected chi connectivity index (χ0v) is 14.0. The molecule has 1 heterocycles. The second kappa shape index (κ2) is 7.27. The Kier molecular flexibility index (Phi) is 5.37. The van der Waals surface area contributed by atoms with Crippen LogP contribution in [-0.4, -0.2) is 18.5 Å². The van der Waals surface area contributed by atoms with Gasteiger partial charge in [-0.25, -0.2) is 4.79 Å². The van der Waals surface area contributed by atoms with E-state index >= 15 is 0 Å². The van der Waals surface area contributed by atoms with Crippen molar-refractivity contribution in [2.45, 2.75) is 13.8 Å². The first-order chi connectivity index (χ1) is 10.9. The van der Waals surface area contributed by atoms with Gasteiger partial charge >= 0.3 is 5.97 Å². The maximum Gasteiger partial charge on any atom is 0.339 e. The predicted molar refractivity (Wildman–Crippen MR) is 88.9 cm³/mol. The van der Waals surface area contributed by atoms with Crippen LogP contribution in [0.1, 0.15) is 25.7 Å². The van der Waals surface area contributed by atoms with Crippen LogP contribution in [-0.2, 0) is 9.53 Å². The third kappa shape index (κ3) is 4.31. The van der Waals surface area contributed by atoms with Gasteiger partial charge in [0.2, 0.25) is 0 Å². The van der Waals surface area contributed by atoms with Gasteiger partial charge in [-0.2, -0.15) is 5.26 Å². The number of rotatable bonds is 4. The first-order valence-electron chi connectivity index (χ1n) is 6.64. The van der Waals surface area contributed by atoms with Crippen LogP contribution in [0.15, 0.2) is 24.3 Å². The molecule has 0 aliphatic carbocycles. The van der Waals surface area contributed by atoms with Crippen molar-refractivity contribution in [3.8, 4) is 6.07 Å². The largest absolute Gasteiger partial charge is 0.452 e. The highest BCUT2D eigenvalue weighted by Gasteiger charge is 2.15. The van der Waals surface area contributed by atoms with Crippen LogP contribution in [0.3, 0.4) is 0 Å². The summed E-state index contributed by atoms with van der Waals surface area (Å²) >= 11 is 7.33. The van der Waals surface area contributed by atoms with Gasteiger partial charge in [-0.3, -0.25) is 4.79 Å². The van der Waals surface area contributed by atoms with Crippen molar-refractivity contribution in [3.05, 3.63) is 50.2 Å². The Morgan fingerprint density at radius 2 is 2.09 bits per heavy atom. The van der Waals surface area contributed by atoms with Crippen LogP contribution in [0.2, 0.25) is 5.02 Å². The summed E-state index contributed by atoms with van der Waals surface area (Å²) in [4.78, 5) is 25.7. The quantitative estimate of drug-likeness (QED) is 0.855. The van der Waals surface area contributed by atoms with Gasteiger partial charge in [-0.1, -0.05) is 11.6 Å². The number of nitrogens with one attached hydrogen (secondary N) is 1. The molecule has 7 heteroatoms. The summed E-state index contributed by atoms with van der Waals surface area (Å²) in [6, 6.07) is 8.20. The standard InChI is InChI=1S/C16H13ClN2O3S/c1-9-5-13(10(2)23-9)16(21)22-8-15(20)19-14-6-12(17)4-3-11(14)7-18/h3-6H,8H2,1-2H3,(H,19,20).